The van der Waals surface area contributed by atoms with Crippen molar-refractivity contribution in [1.29, 1.82) is 0 Å². The van der Waals surface area contributed by atoms with E-state index >= 15 is 0 Å². The van der Waals surface area contributed by atoms with Crippen LogP contribution in [0, 0.1) is 5.92 Å². The van der Waals surface area contributed by atoms with E-state index in [9.17, 15) is 5.11 Å². The lowest BCUT2D eigenvalue weighted by Crippen LogP contribution is -2.11. The first-order valence-electron chi connectivity index (χ1n) is 5.86. The van der Waals surface area contributed by atoms with E-state index in [2.05, 4.69) is 12.1 Å². The zero-order chi connectivity index (χ0) is 11.0. The minimum Gasteiger partial charge on any atom is -0.493 e. The summed E-state index contributed by atoms with van der Waals surface area (Å²) in [5, 5.41) is 9.29. The molecule has 16 heavy (non-hydrogen) atoms. The van der Waals surface area contributed by atoms with Gasteiger partial charge < -0.3 is 14.6 Å². The molecule has 1 N–H and O–H groups in total. The number of ether oxygens (including phenoxy) is 2. The predicted octanol–water partition coefficient (Wildman–Crippen LogP) is 1.69. The zero-order valence-electron chi connectivity index (χ0n) is 9.19. The molecule has 0 radical (unpaired) electrons. The fourth-order valence-electron chi connectivity index (χ4n) is 2.57. The molecule has 86 valence electrons. The molecule has 0 bridgehead atoms. The Morgan fingerprint density at radius 1 is 1.31 bits per heavy atom. The van der Waals surface area contributed by atoms with Crippen LogP contribution in [-0.2, 0) is 11.2 Å². The summed E-state index contributed by atoms with van der Waals surface area (Å²) in [6, 6.07) is 6.25. The lowest BCUT2D eigenvalue weighted by molar-refractivity contribution is 0.0720. The molecule has 2 heterocycles. The van der Waals surface area contributed by atoms with Crippen LogP contribution in [0.15, 0.2) is 18.2 Å². The van der Waals surface area contributed by atoms with Gasteiger partial charge in [0.05, 0.1) is 12.7 Å². The average Bonchev–Trinajstić information content (AvgIpc) is 2.96. The fourth-order valence-corrected chi connectivity index (χ4v) is 2.57. The molecule has 0 aromatic heterocycles. The molecule has 2 aliphatic heterocycles. The minimum absolute atomic E-state index is 0.0656. The van der Waals surface area contributed by atoms with Crippen molar-refractivity contribution in [3.63, 3.8) is 0 Å². The third-order valence-corrected chi connectivity index (χ3v) is 3.49. The number of benzene rings is 1. The van der Waals surface area contributed by atoms with Gasteiger partial charge in [-0.2, -0.15) is 0 Å². The Hall–Kier alpha value is -1.06. The monoisotopic (exact) mass is 220 g/mol. The Labute approximate surface area is 95.0 Å². The van der Waals surface area contributed by atoms with E-state index in [0.29, 0.717) is 0 Å². The van der Waals surface area contributed by atoms with Crippen molar-refractivity contribution < 1.29 is 14.6 Å². The van der Waals surface area contributed by atoms with E-state index in [-0.39, 0.29) is 18.6 Å². The van der Waals surface area contributed by atoms with Gasteiger partial charge in [-0.3, -0.25) is 0 Å². The first-order chi connectivity index (χ1) is 7.88. The predicted molar refractivity (Wildman–Crippen MR) is 59.5 cm³/mol. The van der Waals surface area contributed by atoms with Gasteiger partial charge in [0.2, 0.25) is 0 Å². The van der Waals surface area contributed by atoms with Gasteiger partial charge in [0.15, 0.2) is 0 Å². The Bertz CT molecular complexity index is 389. The molecule has 1 fully saturated rings. The maximum absolute atomic E-state index is 9.29. The van der Waals surface area contributed by atoms with E-state index in [1.807, 2.05) is 6.07 Å². The Morgan fingerprint density at radius 3 is 3.12 bits per heavy atom. The van der Waals surface area contributed by atoms with Gasteiger partial charge in [-0.1, -0.05) is 6.07 Å². The molecule has 0 spiro atoms. The van der Waals surface area contributed by atoms with Gasteiger partial charge in [-0.05, 0) is 29.7 Å². The van der Waals surface area contributed by atoms with Gasteiger partial charge in [0.25, 0.3) is 0 Å². The number of hydrogen-bond donors (Lipinski definition) is 1. The molecule has 1 saturated heterocycles. The molecule has 2 atom stereocenters. The molecule has 0 amide bonds. The summed E-state index contributed by atoms with van der Waals surface area (Å²) in [7, 11) is 0. The molecule has 2 unspecified atom stereocenters. The SMILES string of the molecule is OCC1CCOC1c1ccc2c(c1)CCO2. The summed E-state index contributed by atoms with van der Waals surface area (Å²) < 4.78 is 11.2. The first kappa shape index (κ1) is 10.1. The molecule has 3 heteroatoms. The molecular formula is C13H16O3. The van der Waals surface area contributed by atoms with Crippen LogP contribution in [0.2, 0.25) is 0 Å². The highest BCUT2D eigenvalue weighted by atomic mass is 16.5. The molecular weight excluding hydrogens is 204 g/mol. The second kappa shape index (κ2) is 4.07. The lowest BCUT2D eigenvalue weighted by atomic mass is 9.94. The summed E-state index contributed by atoms with van der Waals surface area (Å²) in [4.78, 5) is 0. The molecule has 1 aromatic rings. The fraction of sp³-hybridized carbons (Fsp3) is 0.538. The van der Waals surface area contributed by atoms with E-state index in [0.717, 1.165) is 31.8 Å². The zero-order valence-corrected chi connectivity index (χ0v) is 9.19. The number of fused-ring (bicyclic) bond motifs is 1. The van der Waals surface area contributed by atoms with Gasteiger partial charge in [-0.25, -0.2) is 0 Å². The molecule has 0 aliphatic carbocycles. The summed E-state index contributed by atoms with van der Waals surface area (Å²) >= 11 is 0. The van der Waals surface area contributed by atoms with Crippen molar-refractivity contribution in [2.45, 2.75) is 18.9 Å². The highest BCUT2D eigenvalue weighted by molar-refractivity contribution is 5.40. The van der Waals surface area contributed by atoms with E-state index in [4.69, 9.17) is 9.47 Å². The molecule has 0 saturated carbocycles. The first-order valence-corrected chi connectivity index (χ1v) is 5.86. The Kier molecular flexibility index (Phi) is 2.58. The van der Waals surface area contributed by atoms with Crippen LogP contribution in [-0.4, -0.2) is 24.9 Å². The number of aliphatic hydroxyl groups excluding tert-OH is 1. The highest BCUT2D eigenvalue weighted by Crippen LogP contribution is 2.37. The summed E-state index contributed by atoms with van der Waals surface area (Å²) in [5.41, 5.74) is 2.45. The van der Waals surface area contributed by atoms with Crippen molar-refractivity contribution in [3.8, 4) is 5.75 Å². The van der Waals surface area contributed by atoms with Crippen LogP contribution < -0.4 is 4.74 Å². The van der Waals surface area contributed by atoms with E-state index in [1.165, 1.54) is 11.1 Å². The highest BCUT2D eigenvalue weighted by Gasteiger charge is 2.29. The van der Waals surface area contributed by atoms with Gasteiger partial charge in [0.1, 0.15) is 5.75 Å². The molecule has 3 nitrogen and oxygen atoms in total. The summed E-state index contributed by atoms with van der Waals surface area (Å²) in [5.74, 6) is 1.25. The minimum atomic E-state index is 0.0656. The van der Waals surface area contributed by atoms with E-state index < -0.39 is 0 Å². The number of rotatable bonds is 2. The smallest absolute Gasteiger partial charge is 0.122 e. The second-order valence-corrected chi connectivity index (χ2v) is 4.49. The average molecular weight is 220 g/mol. The van der Waals surface area contributed by atoms with Crippen molar-refractivity contribution in [3.05, 3.63) is 29.3 Å². The van der Waals surface area contributed by atoms with Crippen LogP contribution in [0.5, 0.6) is 5.75 Å². The van der Waals surface area contributed by atoms with Gasteiger partial charge >= 0.3 is 0 Å². The maximum Gasteiger partial charge on any atom is 0.122 e. The Morgan fingerprint density at radius 2 is 2.25 bits per heavy atom. The van der Waals surface area contributed by atoms with Crippen LogP contribution >= 0.6 is 0 Å². The molecule has 1 aromatic carbocycles. The van der Waals surface area contributed by atoms with Crippen LogP contribution in [0.25, 0.3) is 0 Å². The number of aliphatic hydroxyl groups is 1. The van der Waals surface area contributed by atoms with E-state index in [1.54, 1.807) is 0 Å². The van der Waals surface area contributed by atoms with Crippen LogP contribution in [0.4, 0.5) is 0 Å². The van der Waals surface area contributed by atoms with Gasteiger partial charge in [0, 0.05) is 25.6 Å². The van der Waals surface area contributed by atoms with Crippen LogP contribution in [0.3, 0.4) is 0 Å². The van der Waals surface area contributed by atoms with Crippen molar-refractivity contribution in [2.24, 2.45) is 5.92 Å². The third-order valence-electron chi connectivity index (χ3n) is 3.49. The van der Waals surface area contributed by atoms with Crippen molar-refractivity contribution in [1.82, 2.24) is 0 Å². The van der Waals surface area contributed by atoms with Gasteiger partial charge in [-0.15, -0.1) is 0 Å². The van der Waals surface area contributed by atoms with Crippen LogP contribution in [0.1, 0.15) is 23.7 Å². The standard InChI is InChI=1S/C13H16O3/c14-8-11-4-6-16-13(11)10-1-2-12-9(7-10)3-5-15-12/h1-2,7,11,13-14H,3-6,8H2. The second-order valence-electron chi connectivity index (χ2n) is 4.49. The summed E-state index contributed by atoms with van der Waals surface area (Å²) in [6.45, 7) is 1.75. The largest absolute Gasteiger partial charge is 0.493 e. The van der Waals surface area contributed by atoms with Crippen molar-refractivity contribution in [2.75, 3.05) is 19.8 Å². The lowest BCUT2D eigenvalue weighted by Gasteiger charge is -2.17. The maximum atomic E-state index is 9.29. The number of hydrogen-bond acceptors (Lipinski definition) is 3. The Balaban J connectivity index is 1.89. The quantitative estimate of drug-likeness (QED) is 0.824. The molecule has 3 rings (SSSR count). The third kappa shape index (κ3) is 1.60. The summed E-state index contributed by atoms with van der Waals surface area (Å²) in [6.07, 6.45) is 2.00. The molecule has 2 aliphatic rings. The normalized spacial score (nSPS) is 27.8. The topological polar surface area (TPSA) is 38.7 Å². The van der Waals surface area contributed by atoms with Crippen molar-refractivity contribution >= 4 is 0 Å².